The minimum Gasteiger partial charge on any atom is -0.322 e. The SMILES string of the molecule is CC(C)(N)c1ccnc2c(F)cc(-c3nc(Nc4ccc(C5CCNCC5)cn4)ncc3F)cc12. The number of nitrogens with one attached hydrogen (secondary N) is 2. The van der Waals surface area contributed by atoms with Crippen LogP contribution in [0, 0.1) is 11.6 Å². The van der Waals surface area contributed by atoms with Gasteiger partial charge in [0.25, 0.3) is 0 Å². The van der Waals surface area contributed by atoms with Gasteiger partial charge >= 0.3 is 0 Å². The number of pyridine rings is 2. The molecule has 0 bridgehead atoms. The van der Waals surface area contributed by atoms with Crippen LogP contribution in [0.3, 0.4) is 0 Å². The van der Waals surface area contributed by atoms with E-state index in [-0.39, 0.29) is 22.7 Å². The molecule has 180 valence electrons. The Morgan fingerprint density at radius 2 is 1.80 bits per heavy atom. The Labute approximate surface area is 202 Å². The highest BCUT2D eigenvalue weighted by Crippen LogP contribution is 2.32. The summed E-state index contributed by atoms with van der Waals surface area (Å²) >= 11 is 0. The summed E-state index contributed by atoms with van der Waals surface area (Å²) in [6, 6.07) is 8.53. The second kappa shape index (κ2) is 9.24. The van der Waals surface area contributed by atoms with E-state index in [0.29, 0.717) is 22.7 Å². The topological polar surface area (TPSA) is 102 Å². The van der Waals surface area contributed by atoms with E-state index in [1.54, 1.807) is 12.1 Å². The third-order valence-electron chi connectivity index (χ3n) is 6.35. The molecule has 0 radical (unpaired) electrons. The molecule has 35 heavy (non-hydrogen) atoms. The first-order chi connectivity index (χ1) is 16.8. The third kappa shape index (κ3) is 4.82. The lowest BCUT2D eigenvalue weighted by Gasteiger charge is -2.22. The van der Waals surface area contributed by atoms with Crippen LogP contribution in [0.5, 0.6) is 0 Å². The van der Waals surface area contributed by atoms with Crippen molar-refractivity contribution in [2.75, 3.05) is 18.4 Å². The van der Waals surface area contributed by atoms with Crippen LogP contribution in [0.4, 0.5) is 20.5 Å². The molecular weight excluding hydrogens is 448 g/mol. The molecule has 4 heterocycles. The van der Waals surface area contributed by atoms with Crippen molar-refractivity contribution in [3.63, 3.8) is 0 Å². The van der Waals surface area contributed by atoms with Crippen molar-refractivity contribution in [2.45, 2.75) is 38.1 Å². The molecule has 1 saturated heterocycles. The Bertz CT molecular complexity index is 1360. The fraction of sp³-hybridized carbons (Fsp3) is 0.308. The molecule has 1 aliphatic rings. The van der Waals surface area contributed by atoms with Gasteiger partial charge in [-0.15, -0.1) is 0 Å². The van der Waals surface area contributed by atoms with Crippen molar-refractivity contribution in [3.05, 3.63) is 71.7 Å². The molecule has 9 heteroatoms. The van der Waals surface area contributed by atoms with Gasteiger partial charge in [-0.05, 0) is 81.1 Å². The lowest BCUT2D eigenvalue weighted by molar-refractivity contribution is 0.459. The zero-order valence-corrected chi connectivity index (χ0v) is 19.6. The number of hydrogen-bond donors (Lipinski definition) is 3. The number of benzene rings is 1. The summed E-state index contributed by atoms with van der Waals surface area (Å²) in [5, 5.41) is 6.89. The van der Waals surface area contributed by atoms with Crippen LogP contribution in [0.1, 0.15) is 43.7 Å². The summed E-state index contributed by atoms with van der Waals surface area (Å²) in [5.41, 5.74) is 7.86. The van der Waals surface area contributed by atoms with Crippen LogP contribution in [-0.2, 0) is 5.54 Å². The molecule has 3 aromatic heterocycles. The van der Waals surface area contributed by atoms with Crippen molar-refractivity contribution in [1.82, 2.24) is 25.3 Å². The molecule has 4 aromatic rings. The molecule has 5 rings (SSSR count). The number of halogens is 2. The van der Waals surface area contributed by atoms with Gasteiger partial charge in [-0.25, -0.2) is 23.7 Å². The monoisotopic (exact) mass is 475 g/mol. The molecular formula is C26H27F2N7. The Balaban J connectivity index is 1.47. The molecule has 0 aliphatic carbocycles. The highest BCUT2D eigenvalue weighted by Gasteiger charge is 2.21. The second-order valence-corrected chi connectivity index (χ2v) is 9.45. The van der Waals surface area contributed by atoms with Crippen LogP contribution >= 0.6 is 0 Å². The van der Waals surface area contributed by atoms with Gasteiger partial charge in [0.1, 0.15) is 22.8 Å². The van der Waals surface area contributed by atoms with Gasteiger partial charge < -0.3 is 16.4 Å². The van der Waals surface area contributed by atoms with E-state index in [1.165, 1.54) is 17.8 Å². The molecule has 0 amide bonds. The number of fused-ring (bicyclic) bond motifs is 1. The third-order valence-corrected chi connectivity index (χ3v) is 6.35. The molecule has 0 saturated carbocycles. The van der Waals surface area contributed by atoms with Gasteiger partial charge in [-0.2, -0.15) is 0 Å². The van der Waals surface area contributed by atoms with Crippen molar-refractivity contribution < 1.29 is 8.78 Å². The van der Waals surface area contributed by atoms with E-state index < -0.39 is 17.2 Å². The normalized spacial score (nSPS) is 14.9. The smallest absolute Gasteiger partial charge is 0.229 e. The van der Waals surface area contributed by atoms with Crippen molar-refractivity contribution in [3.8, 4) is 11.3 Å². The second-order valence-electron chi connectivity index (χ2n) is 9.45. The maximum absolute atomic E-state index is 15.0. The zero-order chi connectivity index (χ0) is 24.6. The molecule has 1 aromatic carbocycles. The van der Waals surface area contributed by atoms with Gasteiger partial charge in [-0.3, -0.25) is 4.98 Å². The van der Waals surface area contributed by atoms with Crippen LogP contribution < -0.4 is 16.4 Å². The van der Waals surface area contributed by atoms with E-state index in [2.05, 4.69) is 30.6 Å². The summed E-state index contributed by atoms with van der Waals surface area (Å²) in [6.45, 7) is 5.66. The summed E-state index contributed by atoms with van der Waals surface area (Å²) in [6.07, 6.45) is 6.60. The predicted molar refractivity (Wildman–Crippen MR) is 132 cm³/mol. The van der Waals surface area contributed by atoms with Crippen LogP contribution in [0.15, 0.2) is 48.9 Å². The first-order valence-corrected chi connectivity index (χ1v) is 11.6. The average molecular weight is 476 g/mol. The number of aromatic nitrogens is 4. The van der Waals surface area contributed by atoms with Gasteiger partial charge in [0.15, 0.2) is 5.82 Å². The Morgan fingerprint density at radius 3 is 2.51 bits per heavy atom. The standard InChI is InChI=1S/C26H27F2N7/c1-26(2,29)19-7-10-31-24-18(19)11-17(12-20(24)27)23-21(28)14-33-25(35-23)34-22-4-3-16(13-32-22)15-5-8-30-9-6-15/h3-4,7,10-15,30H,5-6,8-9,29H2,1-2H3,(H,32,33,34,35). The van der Waals surface area contributed by atoms with E-state index >= 15 is 0 Å². The van der Waals surface area contributed by atoms with Crippen LogP contribution in [0.25, 0.3) is 22.2 Å². The van der Waals surface area contributed by atoms with Crippen molar-refractivity contribution in [1.29, 1.82) is 0 Å². The summed E-state index contributed by atoms with van der Waals surface area (Å²) in [4.78, 5) is 17.0. The Morgan fingerprint density at radius 1 is 1.00 bits per heavy atom. The molecule has 0 unspecified atom stereocenters. The first-order valence-electron chi connectivity index (χ1n) is 11.6. The number of rotatable bonds is 5. The molecule has 1 aliphatic heterocycles. The van der Waals surface area contributed by atoms with Gasteiger partial charge in [0, 0.05) is 28.9 Å². The van der Waals surface area contributed by atoms with E-state index in [1.807, 2.05) is 32.2 Å². The number of anilines is 2. The predicted octanol–water partition coefficient (Wildman–Crippen LogP) is 4.77. The Hall–Kier alpha value is -3.56. The van der Waals surface area contributed by atoms with Gasteiger partial charge in [0.05, 0.1) is 6.20 Å². The summed E-state index contributed by atoms with van der Waals surface area (Å²) in [7, 11) is 0. The van der Waals surface area contributed by atoms with Crippen LogP contribution in [0.2, 0.25) is 0 Å². The quantitative estimate of drug-likeness (QED) is 0.382. The number of nitrogens with zero attached hydrogens (tertiary/aromatic N) is 4. The number of nitrogens with two attached hydrogens (primary N) is 1. The average Bonchev–Trinajstić information content (AvgIpc) is 2.85. The van der Waals surface area contributed by atoms with Crippen molar-refractivity contribution in [2.24, 2.45) is 5.73 Å². The fourth-order valence-corrected chi connectivity index (χ4v) is 4.53. The minimum absolute atomic E-state index is 0.0285. The van der Waals surface area contributed by atoms with Gasteiger partial charge in [-0.1, -0.05) is 6.07 Å². The van der Waals surface area contributed by atoms with E-state index in [4.69, 9.17) is 5.73 Å². The largest absolute Gasteiger partial charge is 0.322 e. The fourth-order valence-electron chi connectivity index (χ4n) is 4.53. The maximum Gasteiger partial charge on any atom is 0.229 e. The molecule has 0 atom stereocenters. The lowest BCUT2D eigenvalue weighted by atomic mass is 9.91. The lowest BCUT2D eigenvalue weighted by Crippen LogP contribution is -2.29. The molecule has 7 nitrogen and oxygen atoms in total. The maximum atomic E-state index is 15.0. The molecule has 0 spiro atoms. The van der Waals surface area contributed by atoms with Crippen LogP contribution in [-0.4, -0.2) is 33.0 Å². The van der Waals surface area contributed by atoms with E-state index in [0.717, 1.165) is 32.1 Å². The Kier molecular flexibility index (Phi) is 6.12. The number of hydrogen-bond acceptors (Lipinski definition) is 7. The van der Waals surface area contributed by atoms with E-state index in [9.17, 15) is 8.78 Å². The summed E-state index contributed by atoms with van der Waals surface area (Å²) in [5.74, 6) is -0.0460. The zero-order valence-electron chi connectivity index (χ0n) is 19.6. The van der Waals surface area contributed by atoms with Crippen molar-refractivity contribution >= 4 is 22.7 Å². The molecule has 1 fully saturated rings. The highest BCUT2D eigenvalue weighted by molar-refractivity contribution is 5.88. The number of piperidine rings is 1. The van der Waals surface area contributed by atoms with Gasteiger partial charge in [0.2, 0.25) is 5.95 Å². The summed E-state index contributed by atoms with van der Waals surface area (Å²) < 4.78 is 29.8. The highest BCUT2D eigenvalue weighted by atomic mass is 19.1. The first kappa shape index (κ1) is 23.2. The molecule has 4 N–H and O–H groups in total. The minimum atomic E-state index is -0.741.